The lowest BCUT2D eigenvalue weighted by Gasteiger charge is -2.02. The van der Waals surface area contributed by atoms with Crippen molar-refractivity contribution in [3.05, 3.63) is 46.2 Å². The van der Waals surface area contributed by atoms with Crippen LogP contribution < -0.4 is 5.73 Å². The highest BCUT2D eigenvalue weighted by atomic mass is 32.1. The molecule has 94 valence electrons. The Hall–Kier alpha value is -1.89. The van der Waals surface area contributed by atoms with Crippen LogP contribution in [0.5, 0.6) is 0 Å². The number of carbonyl (C=O) groups is 1. The first-order valence-corrected chi connectivity index (χ1v) is 5.73. The zero-order chi connectivity index (χ0) is 13.3. The fourth-order valence-electron chi connectivity index (χ4n) is 1.40. The summed E-state index contributed by atoms with van der Waals surface area (Å²) < 4.78 is 39.0. The van der Waals surface area contributed by atoms with Gasteiger partial charge in [0, 0.05) is 5.38 Å². The molecule has 7 heteroatoms. The number of anilines is 1. The number of hydrogen-bond acceptors (Lipinski definition) is 4. The second-order valence-corrected chi connectivity index (χ2v) is 4.39. The number of nitrogens with zero attached hydrogens (tertiary/aromatic N) is 1. The normalized spacial score (nSPS) is 10.6. The fraction of sp³-hybridized carbons (Fsp3) is 0.0909. The van der Waals surface area contributed by atoms with Gasteiger partial charge in [0.15, 0.2) is 28.4 Å². The van der Waals surface area contributed by atoms with Gasteiger partial charge in [-0.3, -0.25) is 4.79 Å². The number of Topliss-reactive ketones (excluding diaryl/α,β-unsaturated/α-hetero) is 1. The first-order valence-electron chi connectivity index (χ1n) is 4.85. The summed E-state index contributed by atoms with van der Waals surface area (Å²) in [5.74, 6) is -5.15. The first-order chi connectivity index (χ1) is 8.49. The maximum absolute atomic E-state index is 13.3. The van der Waals surface area contributed by atoms with Crippen molar-refractivity contribution in [2.24, 2.45) is 0 Å². The van der Waals surface area contributed by atoms with E-state index in [9.17, 15) is 18.0 Å². The highest BCUT2D eigenvalue weighted by molar-refractivity contribution is 7.13. The number of halogens is 3. The van der Waals surface area contributed by atoms with E-state index in [-0.39, 0.29) is 11.6 Å². The van der Waals surface area contributed by atoms with Crippen molar-refractivity contribution in [2.45, 2.75) is 6.42 Å². The third-order valence-corrected chi connectivity index (χ3v) is 2.97. The van der Waals surface area contributed by atoms with Gasteiger partial charge in [0.1, 0.15) is 0 Å². The summed E-state index contributed by atoms with van der Waals surface area (Å²) in [5.41, 5.74) is 5.25. The van der Waals surface area contributed by atoms with Crippen LogP contribution in [-0.4, -0.2) is 10.8 Å². The van der Waals surface area contributed by atoms with Crippen molar-refractivity contribution in [1.82, 2.24) is 4.98 Å². The predicted molar refractivity (Wildman–Crippen MR) is 60.9 cm³/mol. The largest absolute Gasteiger partial charge is 0.375 e. The van der Waals surface area contributed by atoms with E-state index < -0.39 is 28.8 Å². The summed E-state index contributed by atoms with van der Waals surface area (Å²) in [6, 6.07) is 1.62. The fourth-order valence-corrected chi connectivity index (χ4v) is 1.97. The van der Waals surface area contributed by atoms with Crippen molar-refractivity contribution >= 4 is 22.3 Å². The average molecular weight is 272 g/mol. The van der Waals surface area contributed by atoms with Crippen LogP contribution in [-0.2, 0) is 6.42 Å². The van der Waals surface area contributed by atoms with Gasteiger partial charge < -0.3 is 5.73 Å². The number of nitrogen functional groups attached to an aromatic ring is 1. The lowest BCUT2D eigenvalue weighted by molar-refractivity contribution is 0.0987. The van der Waals surface area contributed by atoms with Crippen molar-refractivity contribution in [3.8, 4) is 0 Å². The van der Waals surface area contributed by atoms with Crippen molar-refractivity contribution < 1.29 is 18.0 Å². The van der Waals surface area contributed by atoms with E-state index in [4.69, 9.17) is 5.73 Å². The van der Waals surface area contributed by atoms with Gasteiger partial charge in [-0.15, -0.1) is 11.3 Å². The Morgan fingerprint density at radius 3 is 2.61 bits per heavy atom. The van der Waals surface area contributed by atoms with Crippen LogP contribution in [0.15, 0.2) is 17.5 Å². The van der Waals surface area contributed by atoms with E-state index in [0.717, 1.165) is 17.4 Å². The second kappa shape index (κ2) is 4.77. The predicted octanol–water partition coefficient (Wildman–Crippen LogP) is 2.57. The van der Waals surface area contributed by atoms with Crippen molar-refractivity contribution in [2.75, 3.05) is 5.73 Å². The van der Waals surface area contributed by atoms with Crippen LogP contribution >= 0.6 is 11.3 Å². The molecule has 0 aliphatic heterocycles. The molecule has 0 saturated heterocycles. The Balaban J connectivity index is 2.27. The number of carbonyl (C=O) groups excluding carboxylic acids is 1. The zero-order valence-electron chi connectivity index (χ0n) is 8.91. The van der Waals surface area contributed by atoms with Crippen molar-refractivity contribution in [1.29, 1.82) is 0 Å². The molecular weight excluding hydrogens is 265 g/mol. The smallest absolute Gasteiger partial charge is 0.195 e. The first kappa shape index (κ1) is 12.6. The van der Waals surface area contributed by atoms with Crippen LogP contribution in [0.4, 0.5) is 18.3 Å². The van der Waals surface area contributed by atoms with Crippen LogP contribution in [0.25, 0.3) is 0 Å². The maximum Gasteiger partial charge on any atom is 0.195 e. The van der Waals surface area contributed by atoms with Crippen molar-refractivity contribution in [3.63, 3.8) is 0 Å². The summed E-state index contributed by atoms with van der Waals surface area (Å²) >= 11 is 1.14. The average Bonchev–Trinajstić information content (AvgIpc) is 2.71. The minimum Gasteiger partial charge on any atom is -0.375 e. The maximum atomic E-state index is 13.3. The number of aromatic nitrogens is 1. The molecule has 1 aromatic carbocycles. The van der Waals surface area contributed by atoms with Gasteiger partial charge in [-0.1, -0.05) is 0 Å². The molecule has 3 nitrogen and oxygen atoms in total. The van der Waals surface area contributed by atoms with Gasteiger partial charge in [-0.05, 0) is 12.1 Å². The molecule has 2 N–H and O–H groups in total. The monoisotopic (exact) mass is 272 g/mol. The number of nitrogens with two attached hydrogens (primary N) is 1. The molecule has 18 heavy (non-hydrogen) atoms. The Morgan fingerprint density at radius 2 is 2.00 bits per heavy atom. The number of thiazole rings is 1. The summed E-state index contributed by atoms with van der Waals surface area (Å²) in [4.78, 5) is 15.5. The molecule has 0 aliphatic rings. The van der Waals surface area contributed by atoms with Gasteiger partial charge >= 0.3 is 0 Å². The lowest BCUT2D eigenvalue weighted by atomic mass is 10.1. The quantitative estimate of drug-likeness (QED) is 0.690. The Morgan fingerprint density at radius 1 is 1.28 bits per heavy atom. The molecule has 0 atom stereocenters. The summed E-state index contributed by atoms with van der Waals surface area (Å²) in [7, 11) is 0. The van der Waals surface area contributed by atoms with Gasteiger partial charge in [-0.2, -0.15) is 0 Å². The molecule has 0 amide bonds. The van der Waals surface area contributed by atoms with Crippen LogP contribution in [0.2, 0.25) is 0 Å². The van der Waals surface area contributed by atoms with Gasteiger partial charge in [0.25, 0.3) is 0 Å². The molecule has 0 radical (unpaired) electrons. The van der Waals surface area contributed by atoms with Crippen LogP contribution in [0.3, 0.4) is 0 Å². The molecule has 0 spiro atoms. The third-order valence-electron chi connectivity index (χ3n) is 2.25. The SMILES string of the molecule is Nc1nc(CC(=O)c2ccc(F)c(F)c2F)cs1. The molecule has 0 saturated carbocycles. The molecule has 2 aromatic rings. The highest BCUT2D eigenvalue weighted by Gasteiger charge is 2.19. The van der Waals surface area contributed by atoms with Gasteiger partial charge in [0.05, 0.1) is 17.7 Å². The van der Waals surface area contributed by atoms with Gasteiger partial charge in [-0.25, -0.2) is 18.2 Å². The topological polar surface area (TPSA) is 56.0 Å². The minimum atomic E-state index is -1.65. The van der Waals surface area contributed by atoms with E-state index in [1.165, 1.54) is 0 Å². The molecule has 1 aromatic heterocycles. The standard InChI is InChI=1S/C11H7F3N2OS/c12-7-2-1-6(9(13)10(7)14)8(17)3-5-4-18-11(15)16-5/h1-2,4H,3H2,(H2,15,16). The number of ketones is 1. The number of benzene rings is 1. The molecule has 0 fully saturated rings. The Kier molecular flexibility index (Phi) is 3.33. The summed E-state index contributed by atoms with van der Waals surface area (Å²) in [5, 5.41) is 1.83. The van der Waals surface area contributed by atoms with E-state index in [2.05, 4.69) is 4.98 Å². The third kappa shape index (κ3) is 2.35. The number of hydrogen-bond donors (Lipinski definition) is 1. The van der Waals surface area contributed by atoms with E-state index >= 15 is 0 Å². The molecule has 2 rings (SSSR count). The number of rotatable bonds is 3. The van der Waals surface area contributed by atoms with Crippen LogP contribution in [0.1, 0.15) is 16.1 Å². The molecule has 0 aliphatic carbocycles. The molecule has 0 bridgehead atoms. The van der Waals surface area contributed by atoms with E-state index in [0.29, 0.717) is 11.8 Å². The minimum absolute atomic E-state index is 0.213. The second-order valence-electron chi connectivity index (χ2n) is 3.50. The lowest BCUT2D eigenvalue weighted by Crippen LogP contribution is -2.09. The summed E-state index contributed by atoms with van der Waals surface area (Å²) in [6.07, 6.45) is -0.213. The molecule has 1 heterocycles. The summed E-state index contributed by atoms with van der Waals surface area (Å²) in [6.45, 7) is 0. The van der Waals surface area contributed by atoms with Crippen LogP contribution in [0, 0.1) is 17.5 Å². The van der Waals surface area contributed by atoms with Gasteiger partial charge in [0.2, 0.25) is 0 Å². The molecule has 0 unspecified atom stereocenters. The highest BCUT2D eigenvalue weighted by Crippen LogP contribution is 2.18. The zero-order valence-corrected chi connectivity index (χ0v) is 9.73. The Bertz CT molecular complexity index is 612. The van der Waals surface area contributed by atoms with E-state index in [1.807, 2.05) is 0 Å². The molecular formula is C11H7F3N2OS. The Labute approximate surface area is 104 Å². The van der Waals surface area contributed by atoms with E-state index in [1.54, 1.807) is 5.38 Å².